The standard InChI is InChI=1S/C16H19N3O.ClH/c17-9-10-5-7-11(8-6-10)15-18-16(20-19-15)14-12-3-1-2-4-13(12)14;/h5-8,12-14H,1-4,9,17H2;1H. The first kappa shape index (κ1) is 14.5. The Balaban J connectivity index is 0.00000132. The zero-order valence-electron chi connectivity index (χ0n) is 11.9. The average Bonchev–Trinajstić information content (AvgIpc) is 3.04. The molecule has 112 valence electrons. The second-order valence-electron chi connectivity index (χ2n) is 6.00. The van der Waals surface area contributed by atoms with Gasteiger partial charge in [0.1, 0.15) is 0 Å². The molecule has 2 aromatic rings. The largest absolute Gasteiger partial charge is 0.339 e. The Morgan fingerprint density at radius 1 is 1.10 bits per heavy atom. The van der Waals surface area contributed by atoms with E-state index in [1.54, 1.807) is 0 Å². The lowest BCUT2D eigenvalue weighted by Gasteiger charge is -2.04. The molecule has 2 atom stereocenters. The SMILES string of the molecule is Cl.NCc1ccc(-c2noc(C3C4CCCCC43)n2)cc1. The van der Waals surface area contributed by atoms with E-state index in [-0.39, 0.29) is 12.4 Å². The molecule has 0 aliphatic heterocycles. The first-order valence-electron chi connectivity index (χ1n) is 7.50. The van der Waals surface area contributed by atoms with E-state index >= 15 is 0 Å². The predicted octanol–water partition coefficient (Wildman–Crippen LogP) is 3.52. The van der Waals surface area contributed by atoms with Crippen LogP contribution in [0, 0.1) is 11.8 Å². The summed E-state index contributed by atoms with van der Waals surface area (Å²) in [4.78, 5) is 4.61. The Bertz CT molecular complexity index is 598. The zero-order chi connectivity index (χ0) is 13.5. The van der Waals surface area contributed by atoms with E-state index in [1.807, 2.05) is 24.3 Å². The molecule has 1 aromatic carbocycles. The van der Waals surface area contributed by atoms with Gasteiger partial charge >= 0.3 is 0 Å². The van der Waals surface area contributed by atoms with Gasteiger partial charge in [0.25, 0.3) is 0 Å². The molecule has 1 aromatic heterocycles. The highest BCUT2D eigenvalue weighted by molar-refractivity contribution is 5.85. The molecule has 0 amide bonds. The monoisotopic (exact) mass is 305 g/mol. The molecule has 5 heteroatoms. The maximum absolute atomic E-state index is 5.61. The van der Waals surface area contributed by atoms with Crippen LogP contribution in [0.15, 0.2) is 28.8 Å². The minimum absolute atomic E-state index is 0. The molecular formula is C16H20ClN3O. The lowest BCUT2D eigenvalue weighted by atomic mass is 10.0. The van der Waals surface area contributed by atoms with Crippen LogP contribution in [0.1, 0.15) is 43.1 Å². The normalized spacial score (nSPS) is 26.8. The zero-order valence-corrected chi connectivity index (χ0v) is 12.7. The fraction of sp³-hybridized carbons (Fsp3) is 0.500. The van der Waals surface area contributed by atoms with Gasteiger partial charge in [-0.25, -0.2) is 0 Å². The Morgan fingerprint density at radius 3 is 2.38 bits per heavy atom. The Labute approximate surface area is 130 Å². The topological polar surface area (TPSA) is 64.9 Å². The first-order valence-corrected chi connectivity index (χ1v) is 7.50. The summed E-state index contributed by atoms with van der Waals surface area (Å²) in [6, 6.07) is 8.05. The number of fused-ring (bicyclic) bond motifs is 1. The predicted molar refractivity (Wildman–Crippen MR) is 83.1 cm³/mol. The minimum Gasteiger partial charge on any atom is -0.339 e. The maximum Gasteiger partial charge on any atom is 0.230 e. The second kappa shape index (κ2) is 5.78. The second-order valence-corrected chi connectivity index (χ2v) is 6.00. The van der Waals surface area contributed by atoms with Gasteiger partial charge < -0.3 is 10.3 Å². The molecular weight excluding hydrogens is 286 g/mol. The molecule has 0 bridgehead atoms. The number of rotatable bonds is 3. The Hall–Kier alpha value is -1.39. The van der Waals surface area contributed by atoms with Crippen molar-refractivity contribution < 1.29 is 4.52 Å². The van der Waals surface area contributed by atoms with Gasteiger partial charge in [-0.1, -0.05) is 42.3 Å². The first-order chi connectivity index (χ1) is 9.86. The van der Waals surface area contributed by atoms with Crippen molar-refractivity contribution in [3.63, 3.8) is 0 Å². The van der Waals surface area contributed by atoms with Crippen molar-refractivity contribution in [3.8, 4) is 11.4 Å². The van der Waals surface area contributed by atoms with Crippen molar-refractivity contribution in [1.29, 1.82) is 0 Å². The molecule has 0 spiro atoms. The van der Waals surface area contributed by atoms with Gasteiger partial charge in [-0.3, -0.25) is 0 Å². The lowest BCUT2D eigenvalue weighted by molar-refractivity contribution is 0.373. The van der Waals surface area contributed by atoms with Crippen LogP contribution in [-0.4, -0.2) is 10.1 Å². The van der Waals surface area contributed by atoms with Gasteiger partial charge in [0.2, 0.25) is 11.7 Å². The van der Waals surface area contributed by atoms with E-state index in [9.17, 15) is 0 Å². The summed E-state index contributed by atoms with van der Waals surface area (Å²) in [5.41, 5.74) is 7.73. The smallest absolute Gasteiger partial charge is 0.230 e. The average molecular weight is 306 g/mol. The summed E-state index contributed by atoms with van der Waals surface area (Å²) in [7, 11) is 0. The number of aromatic nitrogens is 2. The summed E-state index contributed by atoms with van der Waals surface area (Å²) in [5.74, 6) is 3.68. The van der Waals surface area contributed by atoms with Crippen molar-refractivity contribution >= 4 is 12.4 Å². The third kappa shape index (κ3) is 2.58. The van der Waals surface area contributed by atoms with Crippen molar-refractivity contribution in [3.05, 3.63) is 35.7 Å². The van der Waals surface area contributed by atoms with Gasteiger partial charge in [-0.15, -0.1) is 12.4 Å². The maximum atomic E-state index is 5.61. The van der Waals surface area contributed by atoms with Crippen LogP contribution in [0.4, 0.5) is 0 Å². The van der Waals surface area contributed by atoms with Gasteiger partial charge in [0.15, 0.2) is 0 Å². The van der Waals surface area contributed by atoms with Crippen LogP contribution in [0.5, 0.6) is 0 Å². The van der Waals surface area contributed by atoms with E-state index in [2.05, 4.69) is 10.1 Å². The van der Waals surface area contributed by atoms with E-state index in [0.717, 1.165) is 28.9 Å². The summed E-state index contributed by atoms with van der Waals surface area (Å²) in [5, 5.41) is 4.14. The summed E-state index contributed by atoms with van der Waals surface area (Å²) < 4.78 is 5.51. The van der Waals surface area contributed by atoms with Crippen molar-refractivity contribution in [2.45, 2.75) is 38.1 Å². The summed E-state index contributed by atoms with van der Waals surface area (Å²) in [6.45, 7) is 0.559. The highest BCUT2D eigenvalue weighted by Crippen LogP contribution is 2.60. The van der Waals surface area contributed by atoms with Gasteiger partial charge in [-0.2, -0.15) is 4.98 Å². The Morgan fingerprint density at radius 2 is 1.76 bits per heavy atom. The highest BCUT2D eigenvalue weighted by atomic mass is 35.5. The van der Waals surface area contributed by atoms with E-state index in [1.165, 1.54) is 25.7 Å². The quantitative estimate of drug-likeness (QED) is 0.942. The van der Waals surface area contributed by atoms with E-state index in [4.69, 9.17) is 10.3 Å². The number of benzene rings is 1. The number of hydrogen-bond donors (Lipinski definition) is 1. The number of nitrogens with zero attached hydrogens (tertiary/aromatic N) is 2. The molecule has 2 saturated carbocycles. The van der Waals surface area contributed by atoms with E-state index in [0.29, 0.717) is 18.3 Å². The minimum atomic E-state index is 0. The van der Waals surface area contributed by atoms with Crippen LogP contribution in [0.3, 0.4) is 0 Å². The van der Waals surface area contributed by atoms with Crippen molar-refractivity contribution in [2.75, 3.05) is 0 Å². The van der Waals surface area contributed by atoms with Gasteiger partial charge in [0, 0.05) is 18.0 Å². The van der Waals surface area contributed by atoms with Gasteiger partial charge in [0.05, 0.1) is 0 Å². The van der Waals surface area contributed by atoms with Gasteiger partial charge in [-0.05, 0) is 30.2 Å². The van der Waals surface area contributed by atoms with Crippen LogP contribution in [0.25, 0.3) is 11.4 Å². The van der Waals surface area contributed by atoms with E-state index < -0.39 is 0 Å². The molecule has 4 rings (SSSR count). The number of hydrogen-bond acceptors (Lipinski definition) is 4. The molecule has 2 unspecified atom stereocenters. The van der Waals surface area contributed by atoms with Crippen LogP contribution < -0.4 is 5.73 Å². The fourth-order valence-corrected chi connectivity index (χ4v) is 3.64. The van der Waals surface area contributed by atoms with Crippen LogP contribution in [-0.2, 0) is 6.54 Å². The molecule has 2 N–H and O–H groups in total. The third-order valence-electron chi connectivity index (χ3n) is 4.83. The molecule has 4 nitrogen and oxygen atoms in total. The molecule has 1 heterocycles. The van der Waals surface area contributed by atoms with Crippen molar-refractivity contribution in [1.82, 2.24) is 10.1 Å². The molecule has 0 saturated heterocycles. The summed E-state index contributed by atoms with van der Waals surface area (Å²) >= 11 is 0. The third-order valence-corrected chi connectivity index (χ3v) is 4.83. The molecule has 0 radical (unpaired) electrons. The van der Waals surface area contributed by atoms with Crippen molar-refractivity contribution in [2.24, 2.45) is 17.6 Å². The number of halogens is 1. The molecule has 2 aliphatic carbocycles. The number of nitrogens with two attached hydrogens (primary N) is 1. The molecule has 2 aliphatic rings. The molecule has 2 fully saturated rings. The lowest BCUT2D eigenvalue weighted by Crippen LogP contribution is -1.95. The van der Waals surface area contributed by atoms with Crippen LogP contribution >= 0.6 is 12.4 Å². The highest BCUT2D eigenvalue weighted by Gasteiger charge is 2.54. The Kier molecular flexibility index (Phi) is 4.00. The van der Waals surface area contributed by atoms with Crippen LogP contribution in [0.2, 0.25) is 0 Å². The molecule has 21 heavy (non-hydrogen) atoms. The summed E-state index contributed by atoms with van der Waals surface area (Å²) in [6.07, 6.45) is 5.38. The fourth-order valence-electron chi connectivity index (χ4n) is 3.64.